The molecular weight excluding hydrogens is 700 g/mol. The first-order chi connectivity index (χ1) is 25.5. The van der Waals surface area contributed by atoms with Crippen molar-refractivity contribution in [2.45, 2.75) is 77.2 Å². The van der Waals surface area contributed by atoms with Gasteiger partial charge in [0.2, 0.25) is 0 Å². The number of cyclic esters (lactones) is 2. The summed E-state index contributed by atoms with van der Waals surface area (Å²) >= 11 is 0. The van der Waals surface area contributed by atoms with Crippen LogP contribution in [0.15, 0.2) is 60.7 Å². The zero-order valence-corrected chi connectivity index (χ0v) is 31.1. The van der Waals surface area contributed by atoms with Crippen LogP contribution in [-0.2, 0) is 19.1 Å². The maximum atomic E-state index is 12.6. The summed E-state index contributed by atoms with van der Waals surface area (Å²) in [7, 11) is 3.35. The van der Waals surface area contributed by atoms with E-state index in [0.29, 0.717) is 22.5 Å². The Balaban J connectivity index is 0.000000290. The van der Waals surface area contributed by atoms with Gasteiger partial charge in [-0.2, -0.15) is 0 Å². The number of hydrogen-bond donors (Lipinski definition) is 8. The molecular formula is C40H50N2O12. The van der Waals surface area contributed by atoms with Crippen molar-refractivity contribution in [2.75, 3.05) is 24.7 Å². The number of nitrogens with one attached hydrogen (secondary N) is 2. The van der Waals surface area contributed by atoms with Gasteiger partial charge in [-0.3, -0.25) is 9.59 Å². The number of carbonyl (C=O) groups is 4. The third kappa shape index (κ3) is 11.4. The summed E-state index contributed by atoms with van der Waals surface area (Å²) in [6.45, 7) is 6.84. The number of esters is 2. The minimum Gasteiger partial charge on any atom is -0.507 e. The van der Waals surface area contributed by atoms with E-state index < -0.39 is 60.1 Å². The summed E-state index contributed by atoms with van der Waals surface area (Å²) in [5.41, 5.74) is 1.98. The van der Waals surface area contributed by atoms with E-state index in [2.05, 4.69) is 10.6 Å². The second-order valence-electron chi connectivity index (χ2n) is 13.2. The topological polar surface area (TPSA) is 232 Å². The molecule has 0 saturated carbocycles. The minimum atomic E-state index is -1.55. The largest absolute Gasteiger partial charge is 0.507 e. The van der Waals surface area contributed by atoms with Gasteiger partial charge < -0.3 is 50.7 Å². The number of aliphatic hydroxyl groups excluding tert-OH is 4. The van der Waals surface area contributed by atoms with Crippen LogP contribution in [0.25, 0.3) is 12.2 Å². The molecule has 2 aliphatic heterocycles. The van der Waals surface area contributed by atoms with Gasteiger partial charge in [0.1, 0.15) is 47.0 Å². The maximum absolute atomic E-state index is 12.6. The first kappa shape index (κ1) is 43.1. The van der Waals surface area contributed by atoms with Gasteiger partial charge in [0.05, 0.1) is 12.2 Å². The second-order valence-corrected chi connectivity index (χ2v) is 13.2. The highest BCUT2D eigenvalue weighted by atomic mass is 16.5. The number of aliphatic hydroxyl groups is 4. The Bertz CT molecular complexity index is 1670. The molecule has 0 aliphatic carbocycles. The van der Waals surface area contributed by atoms with Crippen molar-refractivity contribution < 1.29 is 59.3 Å². The highest BCUT2D eigenvalue weighted by molar-refractivity contribution is 5.99. The Hall–Kier alpha value is -5.28. The Labute approximate surface area is 314 Å². The molecule has 54 heavy (non-hydrogen) atoms. The molecule has 4 rings (SSSR count). The van der Waals surface area contributed by atoms with Gasteiger partial charge in [0, 0.05) is 49.4 Å². The van der Waals surface area contributed by atoms with Crippen molar-refractivity contribution in [1.29, 1.82) is 0 Å². The lowest BCUT2D eigenvalue weighted by Crippen LogP contribution is -2.32. The van der Waals surface area contributed by atoms with Crippen LogP contribution in [0.1, 0.15) is 72.4 Å². The van der Waals surface area contributed by atoms with Gasteiger partial charge in [-0.1, -0.05) is 50.3 Å². The average Bonchev–Trinajstić information content (AvgIpc) is 3.13. The molecule has 0 aromatic heterocycles. The Kier molecular flexibility index (Phi) is 15.7. The molecule has 292 valence electrons. The Morgan fingerprint density at radius 2 is 0.926 bits per heavy atom. The lowest BCUT2D eigenvalue weighted by atomic mass is 9.99. The normalized spacial score (nSPS) is 29.2. The van der Waals surface area contributed by atoms with Crippen LogP contribution in [0.2, 0.25) is 0 Å². The Morgan fingerprint density at radius 1 is 0.574 bits per heavy atom. The second kappa shape index (κ2) is 19.7. The van der Waals surface area contributed by atoms with Gasteiger partial charge in [-0.15, -0.1) is 0 Å². The van der Waals surface area contributed by atoms with E-state index in [-0.39, 0.29) is 47.3 Å². The van der Waals surface area contributed by atoms with Crippen molar-refractivity contribution in [3.05, 3.63) is 83.0 Å². The van der Waals surface area contributed by atoms with Gasteiger partial charge >= 0.3 is 11.9 Å². The highest BCUT2D eigenvalue weighted by Crippen LogP contribution is 2.31. The molecule has 0 spiro atoms. The number of benzene rings is 2. The Morgan fingerprint density at radius 3 is 1.26 bits per heavy atom. The maximum Gasteiger partial charge on any atom is 0.342 e. The summed E-state index contributed by atoms with van der Waals surface area (Å²) < 4.78 is 10.9. The SMILES string of the molecule is CNc1cc(O)c2c(c1)/C=C/C[C@H](O)[C@@H](O)C(=O)/C=C/[C@@H](C)[C@H](C)OC2=O.CNc1cc(O)c2c(c1)/C=C/C[C@H](O)[C@H](O)C(=O)/C=C\[C@@H](C)[C@H](C)OC2=O. The number of aromatic hydroxyl groups is 2. The third-order valence-electron chi connectivity index (χ3n) is 9.14. The number of rotatable bonds is 2. The summed E-state index contributed by atoms with van der Waals surface area (Å²) in [6, 6.07) is 6.14. The molecule has 0 unspecified atom stereocenters. The third-order valence-corrected chi connectivity index (χ3v) is 9.14. The van der Waals surface area contributed by atoms with Crippen LogP contribution in [0.5, 0.6) is 11.5 Å². The van der Waals surface area contributed by atoms with E-state index in [9.17, 15) is 49.8 Å². The number of ether oxygens (including phenoxy) is 2. The molecule has 2 aromatic rings. The number of ketones is 2. The first-order valence-corrected chi connectivity index (χ1v) is 17.5. The van der Waals surface area contributed by atoms with Crippen LogP contribution < -0.4 is 10.6 Å². The number of hydrogen-bond acceptors (Lipinski definition) is 14. The smallest absolute Gasteiger partial charge is 0.342 e. The molecule has 0 bridgehead atoms. The van der Waals surface area contributed by atoms with Crippen molar-refractivity contribution in [2.24, 2.45) is 11.8 Å². The molecule has 14 nitrogen and oxygen atoms in total. The molecule has 2 aliphatic rings. The predicted molar refractivity (Wildman–Crippen MR) is 203 cm³/mol. The van der Waals surface area contributed by atoms with E-state index in [1.54, 1.807) is 53.9 Å². The number of phenols is 2. The molecule has 2 heterocycles. The van der Waals surface area contributed by atoms with E-state index in [1.165, 1.54) is 60.7 Å². The van der Waals surface area contributed by atoms with E-state index >= 15 is 0 Å². The predicted octanol–water partition coefficient (Wildman–Crippen LogP) is 3.76. The van der Waals surface area contributed by atoms with Gasteiger partial charge in [-0.25, -0.2) is 9.59 Å². The molecule has 2 aromatic carbocycles. The average molecular weight is 751 g/mol. The van der Waals surface area contributed by atoms with Gasteiger partial charge in [0.15, 0.2) is 11.6 Å². The van der Waals surface area contributed by atoms with E-state index in [0.717, 1.165) is 0 Å². The van der Waals surface area contributed by atoms with Crippen LogP contribution in [-0.4, -0.2) is 105 Å². The van der Waals surface area contributed by atoms with Crippen molar-refractivity contribution in [1.82, 2.24) is 0 Å². The van der Waals surface area contributed by atoms with Crippen molar-refractivity contribution in [3.8, 4) is 11.5 Å². The lowest BCUT2D eigenvalue weighted by molar-refractivity contribution is -0.128. The standard InChI is InChI=1S/2C20H25NO6/c2*1-11-7-8-16(23)19(25)15(22)6-4-5-13-9-14(21-3)10-17(24)18(13)20(26)27-12(11)2/h2*4-5,7-12,15,19,21-22,24-25H,6H2,1-3H3/b5-4+,8-7+;5-4+,8-7-/t11-,12+,15+,19-;11-,12+,15+,19+/m11/s1. The quantitative estimate of drug-likeness (QED) is 0.204. The van der Waals surface area contributed by atoms with Crippen LogP contribution >= 0.6 is 0 Å². The molecule has 0 amide bonds. The zero-order valence-electron chi connectivity index (χ0n) is 31.1. The number of carbonyl (C=O) groups excluding carboxylic acids is 4. The number of fused-ring (bicyclic) bond motifs is 2. The fourth-order valence-corrected chi connectivity index (χ4v) is 5.27. The van der Waals surface area contributed by atoms with E-state index in [4.69, 9.17) is 9.47 Å². The summed E-state index contributed by atoms with van der Waals surface area (Å²) in [5, 5.41) is 66.3. The monoisotopic (exact) mass is 750 g/mol. The fraction of sp³-hybridized carbons (Fsp3) is 0.400. The van der Waals surface area contributed by atoms with Crippen LogP contribution in [0.3, 0.4) is 0 Å². The van der Waals surface area contributed by atoms with Crippen LogP contribution in [0, 0.1) is 11.8 Å². The van der Waals surface area contributed by atoms with Crippen LogP contribution in [0.4, 0.5) is 11.4 Å². The molecule has 0 saturated heterocycles. The fourth-order valence-electron chi connectivity index (χ4n) is 5.27. The molecule has 14 heteroatoms. The summed E-state index contributed by atoms with van der Waals surface area (Å²) in [4.78, 5) is 49.2. The molecule has 8 N–H and O–H groups in total. The number of anilines is 2. The first-order valence-electron chi connectivity index (χ1n) is 17.5. The van der Waals surface area contributed by atoms with Crippen molar-refractivity contribution in [3.63, 3.8) is 0 Å². The molecule has 8 atom stereocenters. The highest BCUT2D eigenvalue weighted by Gasteiger charge is 2.27. The van der Waals surface area contributed by atoms with Crippen molar-refractivity contribution >= 4 is 47.0 Å². The zero-order chi connectivity index (χ0) is 40.3. The van der Waals surface area contributed by atoms with Gasteiger partial charge in [-0.05, 0) is 62.1 Å². The summed E-state index contributed by atoms with van der Waals surface area (Å²) in [6.07, 6.45) is 4.68. The molecule has 0 radical (unpaired) electrons. The lowest BCUT2D eigenvalue weighted by Gasteiger charge is -2.20. The van der Waals surface area contributed by atoms with E-state index in [1.807, 2.05) is 0 Å². The molecule has 0 fully saturated rings. The van der Waals surface area contributed by atoms with Gasteiger partial charge in [0.25, 0.3) is 0 Å². The minimum absolute atomic E-state index is 0.00820. The summed E-state index contributed by atoms with van der Waals surface area (Å²) in [5.74, 6) is -3.71. The number of phenolic OH excluding ortho intramolecular Hbond substituents is 2.